The highest BCUT2D eigenvalue weighted by atomic mass is 32.1. The monoisotopic (exact) mass is 178 g/mol. The van der Waals surface area contributed by atoms with Gasteiger partial charge in [0.25, 0.3) is 0 Å². The first-order valence-electron chi connectivity index (χ1n) is 3.88. The molecule has 2 heterocycles. The number of nitrogens with zero attached hydrogens (tertiary/aromatic N) is 2. The Hall–Kier alpha value is -0.960. The van der Waals surface area contributed by atoms with E-state index in [1.807, 2.05) is 13.8 Å². The van der Waals surface area contributed by atoms with Gasteiger partial charge in [0.15, 0.2) is 0 Å². The summed E-state index contributed by atoms with van der Waals surface area (Å²) in [6, 6.07) is 2.10. The van der Waals surface area contributed by atoms with Gasteiger partial charge < -0.3 is 0 Å². The van der Waals surface area contributed by atoms with E-state index in [0.29, 0.717) is 0 Å². The van der Waals surface area contributed by atoms with Gasteiger partial charge in [-0.3, -0.25) is 0 Å². The third-order valence-electron chi connectivity index (χ3n) is 1.94. The summed E-state index contributed by atoms with van der Waals surface area (Å²) in [5.41, 5.74) is 3.45. The number of aromatic nitrogens is 2. The maximum atomic E-state index is 4.41. The Balaban J connectivity index is 2.93. The van der Waals surface area contributed by atoms with Gasteiger partial charge >= 0.3 is 0 Å². The van der Waals surface area contributed by atoms with E-state index in [1.165, 1.54) is 22.5 Å². The van der Waals surface area contributed by atoms with Gasteiger partial charge in [0, 0.05) is 11.1 Å². The van der Waals surface area contributed by atoms with Gasteiger partial charge in [-0.1, -0.05) is 0 Å². The molecule has 0 aliphatic carbocycles. The summed E-state index contributed by atoms with van der Waals surface area (Å²) < 4.78 is 4.28. The summed E-state index contributed by atoms with van der Waals surface area (Å²) in [7, 11) is 0. The molecule has 0 atom stereocenters. The Bertz CT molecular complexity index is 431. The van der Waals surface area contributed by atoms with E-state index in [4.69, 9.17) is 0 Å². The lowest BCUT2D eigenvalue weighted by atomic mass is 10.1. The minimum Gasteiger partial charge on any atom is -0.241 e. The van der Waals surface area contributed by atoms with E-state index < -0.39 is 0 Å². The Morgan fingerprint density at radius 3 is 2.75 bits per heavy atom. The van der Waals surface area contributed by atoms with Gasteiger partial charge in [-0.15, -0.1) is 0 Å². The van der Waals surface area contributed by atoms with Crippen molar-refractivity contribution in [2.75, 3.05) is 0 Å². The molecular weight excluding hydrogens is 168 g/mol. The summed E-state index contributed by atoms with van der Waals surface area (Å²) in [5.74, 6) is 0. The van der Waals surface area contributed by atoms with Crippen LogP contribution in [0.25, 0.3) is 10.2 Å². The van der Waals surface area contributed by atoms with Gasteiger partial charge in [-0.2, -0.15) is 4.37 Å². The molecule has 0 spiro atoms. The minimum absolute atomic E-state index is 1.06. The molecular formula is C9H10N2S. The molecule has 0 fully saturated rings. The molecule has 0 aromatic carbocycles. The van der Waals surface area contributed by atoms with Crippen LogP contribution >= 0.6 is 11.5 Å². The Labute approximate surface area is 75.4 Å². The lowest BCUT2D eigenvalue weighted by Gasteiger charge is -1.97. The second kappa shape index (κ2) is 2.52. The van der Waals surface area contributed by atoms with Crippen molar-refractivity contribution >= 4 is 21.7 Å². The third kappa shape index (κ3) is 1.01. The molecule has 2 aromatic rings. The molecule has 0 saturated heterocycles. The number of fused-ring (bicyclic) bond motifs is 1. The highest BCUT2D eigenvalue weighted by molar-refractivity contribution is 7.12. The smallest absolute Gasteiger partial charge is 0.144 e. The SMILES string of the molecule is Cc1cc(C)c2c(C)nsc2n1. The van der Waals surface area contributed by atoms with Crippen LogP contribution in [0.5, 0.6) is 0 Å². The van der Waals surface area contributed by atoms with Crippen molar-refractivity contribution in [3.63, 3.8) is 0 Å². The van der Waals surface area contributed by atoms with Gasteiger partial charge in [-0.05, 0) is 43.9 Å². The summed E-state index contributed by atoms with van der Waals surface area (Å²) in [4.78, 5) is 5.47. The molecule has 0 bridgehead atoms. The molecule has 2 nitrogen and oxygen atoms in total. The minimum atomic E-state index is 1.06. The Morgan fingerprint density at radius 1 is 1.25 bits per heavy atom. The molecule has 2 rings (SSSR count). The fourth-order valence-electron chi connectivity index (χ4n) is 1.47. The fourth-order valence-corrected chi connectivity index (χ4v) is 2.37. The van der Waals surface area contributed by atoms with E-state index in [2.05, 4.69) is 22.3 Å². The number of aryl methyl sites for hydroxylation is 3. The lowest BCUT2D eigenvalue weighted by Crippen LogP contribution is -1.84. The molecule has 12 heavy (non-hydrogen) atoms. The molecule has 0 aliphatic heterocycles. The zero-order chi connectivity index (χ0) is 8.72. The van der Waals surface area contributed by atoms with Gasteiger partial charge in [-0.25, -0.2) is 4.98 Å². The van der Waals surface area contributed by atoms with E-state index in [-0.39, 0.29) is 0 Å². The summed E-state index contributed by atoms with van der Waals surface area (Å²) in [6.07, 6.45) is 0. The molecule has 0 unspecified atom stereocenters. The van der Waals surface area contributed by atoms with Crippen molar-refractivity contribution < 1.29 is 0 Å². The summed E-state index contributed by atoms with van der Waals surface area (Å²) in [5, 5.41) is 1.23. The molecule has 2 aromatic heterocycles. The highest BCUT2D eigenvalue weighted by Crippen LogP contribution is 2.23. The van der Waals surface area contributed by atoms with Crippen LogP contribution in [0, 0.1) is 20.8 Å². The standard InChI is InChI=1S/C9H10N2S/c1-5-4-6(2)10-9-8(5)7(3)11-12-9/h4H,1-3H3. The third-order valence-corrected chi connectivity index (χ3v) is 2.78. The average molecular weight is 178 g/mol. The van der Waals surface area contributed by atoms with E-state index in [0.717, 1.165) is 16.2 Å². The van der Waals surface area contributed by atoms with Crippen molar-refractivity contribution in [2.24, 2.45) is 0 Å². The number of pyridine rings is 1. The quantitative estimate of drug-likeness (QED) is 0.619. The van der Waals surface area contributed by atoms with Crippen LogP contribution in [-0.2, 0) is 0 Å². The van der Waals surface area contributed by atoms with Crippen LogP contribution in [0.15, 0.2) is 6.07 Å². The number of rotatable bonds is 0. The first-order chi connectivity index (χ1) is 5.68. The van der Waals surface area contributed by atoms with Crippen LogP contribution in [0.4, 0.5) is 0 Å². The summed E-state index contributed by atoms with van der Waals surface area (Å²) in [6.45, 7) is 6.16. The van der Waals surface area contributed by atoms with Crippen molar-refractivity contribution in [1.82, 2.24) is 9.36 Å². The van der Waals surface area contributed by atoms with Crippen molar-refractivity contribution in [3.05, 3.63) is 23.0 Å². The Kier molecular flexibility index (Phi) is 1.61. The maximum Gasteiger partial charge on any atom is 0.144 e. The zero-order valence-electron chi connectivity index (χ0n) is 7.38. The second-order valence-electron chi connectivity index (χ2n) is 3.03. The average Bonchev–Trinajstić information content (AvgIpc) is 2.31. The normalized spacial score (nSPS) is 10.9. The second-order valence-corrected chi connectivity index (χ2v) is 3.78. The van der Waals surface area contributed by atoms with Crippen LogP contribution in [-0.4, -0.2) is 9.36 Å². The molecule has 0 amide bonds. The fraction of sp³-hybridized carbons (Fsp3) is 0.333. The van der Waals surface area contributed by atoms with E-state index >= 15 is 0 Å². The van der Waals surface area contributed by atoms with E-state index in [1.54, 1.807) is 0 Å². The first-order valence-corrected chi connectivity index (χ1v) is 4.66. The summed E-state index contributed by atoms with van der Waals surface area (Å²) >= 11 is 1.48. The predicted molar refractivity (Wildman–Crippen MR) is 51.6 cm³/mol. The van der Waals surface area contributed by atoms with Crippen LogP contribution in [0.2, 0.25) is 0 Å². The first kappa shape index (κ1) is 7.68. The largest absolute Gasteiger partial charge is 0.241 e. The molecule has 3 heteroatoms. The van der Waals surface area contributed by atoms with E-state index in [9.17, 15) is 0 Å². The molecule has 62 valence electrons. The van der Waals surface area contributed by atoms with Crippen molar-refractivity contribution in [1.29, 1.82) is 0 Å². The van der Waals surface area contributed by atoms with Crippen LogP contribution in [0.3, 0.4) is 0 Å². The van der Waals surface area contributed by atoms with Crippen LogP contribution < -0.4 is 0 Å². The molecule has 0 saturated carbocycles. The molecule has 0 N–H and O–H groups in total. The van der Waals surface area contributed by atoms with Gasteiger partial charge in [0.2, 0.25) is 0 Å². The van der Waals surface area contributed by atoms with Crippen LogP contribution in [0.1, 0.15) is 17.0 Å². The number of hydrogen-bond donors (Lipinski definition) is 0. The zero-order valence-corrected chi connectivity index (χ0v) is 8.20. The Morgan fingerprint density at radius 2 is 2.00 bits per heavy atom. The number of hydrogen-bond acceptors (Lipinski definition) is 3. The molecule has 0 radical (unpaired) electrons. The lowest BCUT2D eigenvalue weighted by molar-refractivity contribution is 1.24. The van der Waals surface area contributed by atoms with Crippen molar-refractivity contribution in [2.45, 2.75) is 20.8 Å². The maximum absolute atomic E-state index is 4.41. The topological polar surface area (TPSA) is 25.8 Å². The highest BCUT2D eigenvalue weighted by Gasteiger charge is 2.06. The predicted octanol–water partition coefficient (Wildman–Crippen LogP) is 2.62. The van der Waals surface area contributed by atoms with Crippen molar-refractivity contribution in [3.8, 4) is 0 Å². The van der Waals surface area contributed by atoms with Gasteiger partial charge in [0.1, 0.15) is 4.83 Å². The van der Waals surface area contributed by atoms with Gasteiger partial charge in [0.05, 0.1) is 5.69 Å². The molecule has 0 aliphatic rings.